The lowest BCUT2D eigenvalue weighted by Crippen LogP contribution is -2.43. The summed E-state index contributed by atoms with van der Waals surface area (Å²) in [5.41, 5.74) is 7.27. The number of nitrogens with zero attached hydrogens (tertiary/aromatic N) is 1. The van der Waals surface area contributed by atoms with E-state index in [2.05, 4.69) is 59.2 Å². The Hall–Kier alpha value is -0.380. The molecule has 3 heteroatoms. The molecular formula is C13H19BrN2. The quantitative estimate of drug-likeness (QED) is 0.924. The predicted octanol–water partition coefficient (Wildman–Crippen LogP) is 2.79. The molecule has 0 aliphatic heterocycles. The fourth-order valence-electron chi connectivity index (χ4n) is 2.64. The van der Waals surface area contributed by atoms with Crippen LogP contribution in [0.25, 0.3) is 0 Å². The topological polar surface area (TPSA) is 29.3 Å². The summed E-state index contributed by atoms with van der Waals surface area (Å²) < 4.78 is 1.20. The molecule has 1 aromatic carbocycles. The number of hydrogen-bond acceptors (Lipinski definition) is 2. The highest BCUT2D eigenvalue weighted by atomic mass is 79.9. The first-order valence-corrected chi connectivity index (χ1v) is 6.55. The number of halogens is 1. The van der Waals surface area contributed by atoms with Crippen molar-refractivity contribution < 1.29 is 0 Å². The average Bonchev–Trinajstić information content (AvgIpc) is 2.18. The zero-order valence-corrected chi connectivity index (χ0v) is 11.4. The molecule has 0 saturated heterocycles. The van der Waals surface area contributed by atoms with Gasteiger partial charge in [0.15, 0.2) is 0 Å². The molecule has 0 amide bonds. The van der Waals surface area contributed by atoms with Gasteiger partial charge in [-0.05, 0) is 44.5 Å². The highest BCUT2D eigenvalue weighted by molar-refractivity contribution is 9.10. The Morgan fingerprint density at radius 1 is 1.31 bits per heavy atom. The molecule has 1 aliphatic carbocycles. The summed E-state index contributed by atoms with van der Waals surface area (Å²) in [7, 11) is 4.29. The minimum Gasteiger partial charge on any atom is -0.328 e. The Balaban J connectivity index is 2.23. The van der Waals surface area contributed by atoms with Gasteiger partial charge in [0.25, 0.3) is 0 Å². The van der Waals surface area contributed by atoms with E-state index in [4.69, 9.17) is 5.73 Å². The van der Waals surface area contributed by atoms with Crippen LogP contribution in [0, 0.1) is 5.92 Å². The van der Waals surface area contributed by atoms with Crippen LogP contribution in [0.5, 0.6) is 0 Å². The normalized spacial score (nSPS) is 26.6. The summed E-state index contributed by atoms with van der Waals surface area (Å²) in [4.78, 5) is 2.30. The maximum atomic E-state index is 5.89. The van der Waals surface area contributed by atoms with Crippen molar-refractivity contribution in [2.24, 2.45) is 11.7 Å². The van der Waals surface area contributed by atoms with Crippen LogP contribution in [0.1, 0.15) is 24.4 Å². The third-order valence-electron chi connectivity index (χ3n) is 3.44. The van der Waals surface area contributed by atoms with Gasteiger partial charge in [-0.25, -0.2) is 0 Å². The summed E-state index contributed by atoms with van der Waals surface area (Å²) in [5, 5.41) is 0. The van der Waals surface area contributed by atoms with Gasteiger partial charge in [-0.2, -0.15) is 0 Å². The lowest BCUT2D eigenvalue weighted by molar-refractivity contribution is 0.123. The van der Waals surface area contributed by atoms with Crippen molar-refractivity contribution in [1.82, 2.24) is 4.90 Å². The second-order valence-corrected chi connectivity index (χ2v) is 5.78. The van der Waals surface area contributed by atoms with Crippen molar-refractivity contribution in [3.8, 4) is 0 Å². The summed E-state index contributed by atoms with van der Waals surface area (Å²) >= 11 is 3.64. The summed E-state index contributed by atoms with van der Waals surface area (Å²) in [6, 6.07) is 9.38. The van der Waals surface area contributed by atoms with Crippen molar-refractivity contribution in [2.75, 3.05) is 14.1 Å². The van der Waals surface area contributed by atoms with E-state index in [-0.39, 0.29) is 0 Å². The Bertz CT molecular complexity index is 359. The summed E-state index contributed by atoms with van der Waals surface area (Å²) in [5.74, 6) is 0.698. The first-order valence-electron chi connectivity index (χ1n) is 5.76. The van der Waals surface area contributed by atoms with Gasteiger partial charge >= 0.3 is 0 Å². The standard InChI is InChI=1S/C13H19BrN2/c1-16(2)13(9-7-10(15)8-9)11-5-3-4-6-12(11)14/h3-6,9-10,13H,7-8,15H2,1-2H3. The molecule has 2 rings (SSSR count). The monoisotopic (exact) mass is 282 g/mol. The van der Waals surface area contributed by atoms with E-state index in [0.717, 1.165) is 12.8 Å². The number of benzene rings is 1. The molecule has 1 saturated carbocycles. The van der Waals surface area contributed by atoms with E-state index in [1.165, 1.54) is 10.0 Å². The fourth-order valence-corrected chi connectivity index (χ4v) is 3.15. The van der Waals surface area contributed by atoms with Gasteiger partial charge in [0.2, 0.25) is 0 Å². The predicted molar refractivity (Wildman–Crippen MR) is 71.3 cm³/mol. The van der Waals surface area contributed by atoms with Gasteiger partial charge in [-0.3, -0.25) is 0 Å². The van der Waals surface area contributed by atoms with Crippen LogP contribution in [-0.4, -0.2) is 25.0 Å². The van der Waals surface area contributed by atoms with Gasteiger partial charge in [-0.1, -0.05) is 34.1 Å². The molecule has 1 atom stereocenters. The molecule has 0 aromatic heterocycles. The molecule has 1 unspecified atom stereocenters. The minimum absolute atomic E-state index is 0.412. The average molecular weight is 283 g/mol. The molecule has 0 bridgehead atoms. The maximum absolute atomic E-state index is 5.89. The fraction of sp³-hybridized carbons (Fsp3) is 0.538. The molecule has 0 radical (unpaired) electrons. The summed E-state index contributed by atoms with van der Waals surface area (Å²) in [6.07, 6.45) is 2.29. The van der Waals surface area contributed by atoms with Crippen molar-refractivity contribution in [3.63, 3.8) is 0 Å². The third-order valence-corrected chi connectivity index (χ3v) is 4.16. The zero-order valence-electron chi connectivity index (χ0n) is 9.86. The van der Waals surface area contributed by atoms with E-state index < -0.39 is 0 Å². The molecule has 1 aliphatic rings. The highest BCUT2D eigenvalue weighted by Gasteiger charge is 2.35. The van der Waals surface area contributed by atoms with E-state index in [9.17, 15) is 0 Å². The first kappa shape index (κ1) is 12.1. The molecule has 1 aromatic rings. The molecule has 88 valence electrons. The van der Waals surface area contributed by atoms with Crippen LogP contribution in [-0.2, 0) is 0 Å². The molecule has 2 N–H and O–H groups in total. The van der Waals surface area contributed by atoms with Crippen molar-refractivity contribution in [3.05, 3.63) is 34.3 Å². The van der Waals surface area contributed by atoms with Crippen LogP contribution < -0.4 is 5.73 Å². The molecule has 1 fully saturated rings. The van der Waals surface area contributed by atoms with E-state index in [1.807, 2.05) is 0 Å². The van der Waals surface area contributed by atoms with Crippen LogP contribution in [0.3, 0.4) is 0 Å². The second kappa shape index (κ2) is 4.86. The van der Waals surface area contributed by atoms with Crippen molar-refractivity contribution in [1.29, 1.82) is 0 Å². The smallest absolute Gasteiger partial charge is 0.0382 e. The van der Waals surface area contributed by atoms with Crippen LogP contribution in [0.4, 0.5) is 0 Å². The van der Waals surface area contributed by atoms with Gasteiger partial charge in [0.1, 0.15) is 0 Å². The molecule has 0 heterocycles. The largest absolute Gasteiger partial charge is 0.328 e. The Morgan fingerprint density at radius 3 is 2.44 bits per heavy atom. The van der Waals surface area contributed by atoms with Crippen molar-refractivity contribution >= 4 is 15.9 Å². The van der Waals surface area contributed by atoms with Gasteiger partial charge < -0.3 is 10.6 Å². The van der Waals surface area contributed by atoms with Crippen LogP contribution in [0.15, 0.2) is 28.7 Å². The molecule has 0 spiro atoms. The molecule has 16 heavy (non-hydrogen) atoms. The van der Waals surface area contributed by atoms with Gasteiger partial charge in [0, 0.05) is 16.6 Å². The Morgan fingerprint density at radius 2 is 1.94 bits per heavy atom. The lowest BCUT2D eigenvalue weighted by atomic mass is 9.73. The van der Waals surface area contributed by atoms with Gasteiger partial charge in [0.05, 0.1) is 0 Å². The van der Waals surface area contributed by atoms with Crippen LogP contribution >= 0.6 is 15.9 Å². The maximum Gasteiger partial charge on any atom is 0.0382 e. The Labute approximate surface area is 106 Å². The van der Waals surface area contributed by atoms with Crippen molar-refractivity contribution in [2.45, 2.75) is 24.9 Å². The number of rotatable bonds is 3. The SMILES string of the molecule is CN(C)C(c1ccccc1Br)C1CC(N)C1. The third kappa shape index (κ3) is 2.31. The number of nitrogens with two attached hydrogens (primary N) is 1. The highest BCUT2D eigenvalue weighted by Crippen LogP contribution is 2.41. The molecular weight excluding hydrogens is 264 g/mol. The minimum atomic E-state index is 0.412. The summed E-state index contributed by atoms with van der Waals surface area (Å²) in [6.45, 7) is 0. The Kier molecular flexibility index (Phi) is 3.67. The zero-order chi connectivity index (χ0) is 11.7. The molecule has 2 nitrogen and oxygen atoms in total. The van der Waals surface area contributed by atoms with Gasteiger partial charge in [-0.15, -0.1) is 0 Å². The van der Waals surface area contributed by atoms with E-state index >= 15 is 0 Å². The lowest BCUT2D eigenvalue weighted by Gasteiger charge is -2.42. The van der Waals surface area contributed by atoms with E-state index in [1.54, 1.807) is 0 Å². The number of hydrogen-bond donors (Lipinski definition) is 1. The van der Waals surface area contributed by atoms with E-state index in [0.29, 0.717) is 18.0 Å². The van der Waals surface area contributed by atoms with Crippen LogP contribution in [0.2, 0.25) is 0 Å². The second-order valence-electron chi connectivity index (χ2n) is 4.92. The first-order chi connectivity index (χ1) is 7.59.